The lowest BCUT2D eigenvalue weighted by atomic mass is 10.0. The molecule has 0 spiro atoms. The standard InChI is InChI=1S/C21H17NO2/c23-21-20-7-6-17(19-10-13-24-15-19)14-18(20)9-12-22(21)11-8-16-4-2-1-3-5-16/h1-7,9-10,12-15H,8,11H2. The summed E-state index contributed by atoms with van der Waals surface area (Å²) in [5.74, 6) is 0. The highest BCUT2D eigenvalue weighted by Gasteiger charge is 2.06. The zero-order chi connectivity index (χ0) is 16.4. The SMILES string of the molecule is O=c1c2ccc(-c3ccoc3)cc2ccn1CCc1ccccc1. The van der Waals surface area contributed by atoms with E-state index in [1.807, 2.05) is 54.7 Å². The number of furan rings is 1. The van der Waals surface area contributed by atoms with Crippen LogP contribution in [0.4, 0.5) is 0 Å². The maximum absolute atomic E-state index is 12.7. The van der Waals surface area contributed by atoms with Crippen LogP contribution in [0.25, 0.3) is 21.9 Å². The van der Waals surface area contributed by atoms with Gasteiger partial charge in [0, 0.05) is 23.7 Å². The van der Waals surface area contributed by atoms with E-state index in [4.69, 9.17) is 4.42 Å². The summed E-state index contributed by atoms with van der Waals surface area (Å²) in [5.41, 5.74) is 3.37. The first kappa shape index (κ1) is 14.5. The monoisotopic (exact) mass is 315 g/mol. The average molecular weight is 315 g/mol. The molecule has 24 heavy (non-hydrogen) atoms. The molecule has 2 heterocycles. The van der Waals surface area contributed by atoms with Gasteiger partial charge in [-0.05, 0) is 47.2 Å². The smallest absolute Gasteiger partial charge is 0.258 e. The fourth-order valence-corrected chi connectivity index (χ4v) is 2.97. The number of aryl methyl sites for hydroxylation is 2. The molecule has 2 aromatic heterocycles. The van der Waals surface area contributed by atoms with Crippen LogP contribution in [-0.4, -0.2) is 4.57 Å². The first-order valence-corrected chi connectivity index (χ1v) is 8.01. The van der Waals surface area contributed by atoms with E-state index in [2.05, 4.69) is 12.1 Å². The van der Waals surface area contributed by atoms with Crippen LogP contribution in [-0.2, 0) is 13.0 Å². The molecule has 118 valence electrons. The number of hydrogen-bond acceptors (Lipinski definition) is 2. The van der Waals surface area contributed by atoms with E-state index in [-0.39, 0.29) is 5.56 Å². The van der Waals surface area contributed by atoms with Gasteiger partial charge in [-0.2, -0.15) is 0 Å². The Morgan fingerprint density at radius 1 is 0.917 bits per heavy atom. The van der Waals surface area contributed by atoms with Crippen molar-refractivity contribution in [1.82, 2.24) is 4.57 Å². The van der Waals surface area contributed by atoms with Crippen LogP contribution < -0.4 is 5.56 Å². The van der Waals surface area contributed by atoms with Crippen LogP contribution in [0.3, 0.4) is 0 Å². The van der Waals surface area contributed by atoms with Crippen molar-refractivity contribution in [3.63, 3.8) is 0 Å². The molecule has 0 aliphatic heterocycles. The van der Waals surface area contributed by atoms with Gasteiger partial charge in [0.1, 0.15) is 0 Å². The third kappa shape index (κ3) is 2.76. The zero-order valence-corrected chi connectivity index (χ0v) is 13.2. The van der Waals surface area contributed by atoms with Crippen molar-refractivity contribution in [3.05, 3.63) is 95.3 Å². The second-order valence-corrected chi connectivity index (χ2v) is 5.86. The Labute approximate surface area is 139 Å². The van der Waals surface area contributed by atoms with Gasteiger partial charge in [0.25, 0.3) is 5.56 Å². The number of rotatable bonds is 4. The van der Waals surface area contributed by atoms with Gasteiger partial charge in [0.15, 0.2) is 0 Å². The summed E-state index contributed by atoms with van der Waals surface area (Å²) in [6.45, 7) is 0.683. The summed E-state index contributed by atoms with van der Waals surface area (Å²) in [6, 6.07) is 20.0. The Kier molecular flexibility index (Phi) is 3.75. The number of nitrogens with zero attached hydrogens (tertiary/aromatic N) is 1. The Morgan fingerprint density at radius 2 is 1.79 bits per heavy atom. The molecule has 0 atom stereocenters. The Bertz CT molecular complexity index is 1010. The topological polar surface area (TPSA) is 35.1 Å². The van der Waals surface area contributed by atoms with Crippen LogP contribution in [0.1, 0.15) is 5.56 Å². The quantitative estimate of drug-likeness (QED) is 0.555. The first-order chi connectivity index (χ1) is 11.8. The number of hydrogen-bond donors (Lipinski definition) is 0. The predicted octanol–water partition coefficient (Wildman–Crippen LogP) is 4.50. The Balaban J connectivity index is 1.65. The van der Waals surface area contributed by atoms with Crippen molar-refractivity contribution in [3.8, 4) is 11.1 Å². The van der Waals surface area contributed by atoms with Gasteiger partial charge in [0.05, 0.1) is 12.5 Å². The van der Waals surface area contributed by atoms with Gasteiger partial charge < -0.3 is 8.98 Å². The van der Waals surface area contributed by atoms with Gasteiger partial charge in [-0.25, -0.2) is 0 Å². The summed E-state index contributed by atoms with van der Waals surface area (Å²) < 4.78 is 6.92. The molecular weight excluding hydrogens is 298 g/mol. The molecule has 0 saturated heterocycles. The molecule has 0 aliphatic rings. The molecule has 0 N–H and O–H groups in total. The molecule has 3 heteroatoms. The highest BCUT2D eigenvalue weighted by atomic mass is 16.3. The van der Waals surface area contributed by atoms with Crippen molar-refractivity contribution in [2.24, 2.45) is 0 Å². The van der Waals surface area contributed by atoms with Crippen LogP contribution in [0.2, 0.25) is 0 Å². The molecule has 0 aliphatic carbocycles. The Hall–Kier alpha value is -3.07. The van der Waals surface area contributed by atoms with Gasteiger partial charge in [0.2, 0.25) is 0 Å². The number of benzene rings is 2. The van der Waals surface area contributed by atoms with E-state index in [0.29, 0.717) is 6.54 Å². The van der Waals surface area contributed by atoms with Gasteiger partial charge in [-0.1, -0.05) is 36.4 Å². The predicted molar refractivity (Wildman–Crippen MR) is 96.1 cm³/mol. The summed E-state index contributed by atoms with van der Waals surface area (Å²) >= 11 is 0. The molecule has 0 radical (unpaired) electrons. The maximum atomic E-state index is 12.7. The molecule has 4 aromatic rings. The van der Waals surface area contributed by atoms with E-state index in [9.17, 15) is 4.79 Å². The summed E-state index contributed by atoms with van der Waals surface area (Å²) in [4.78, 5) is 12.7. The van der Waals surface area contributed by atoms with E-state index in [1.165, 1.54) is 5.56 Å². The minimum Gasteiger partial charge on any atom is -0.472 e. The molecule has 0 unspecified atom stereocenters. The summed E-state index contributed by atoms with van der Waals surface area (Å²) in [6.07, 6.45) is 6.09. The second kappa shape index (κ2) is 6.20. The average Bonchev–Trinajstić information content (AvgIpc) is 3.16. The molecule has 0 fully saturated rings. The van der Waals surface area contributed by atoms with Crippen molar-refractivity contribution in [2.75, 3.05) is 0 Å². The molecule has 4 rings (SSSR count). The van der Waals surface area contributed by atoms with E-state index in [0.717, 1.165) is 28.3 Å². The largest absolute Gasteiger partial charge is 0.472 e. The molecule has 0 bridgehead atoms. The first-order valence-electron chi connectivity index (χ1n) is 8.01. The van der Waals surface area contributed by atoms with Crippen LogP contribution in [0, 0.1) is 0 Å². The van der Waals surface area contributed by atoms with Gasteiger partial charge in [-0.15, -0.1) is 0 Å². The third-order valence-electron chi connectivity index (χ3n) is 4.32. The van der Waals surface area contributed by atoms with Gasteiger partial charge >= 0.3 is 0 Å². The zero-order valence-electron chi connectivity index (χ0n) is 13.2. The van der Waals surface area contributed by atoms with Crippen molar-refractivity contribution in [2.45, 2.75) is 13.0 Å². The molecule has 3 nitrogen and oxygen atoms in total. The summed E-state index contributed by atoms with van der Waals surface area (Å²) in [7, 11) is 0. The fourth-order valence-electron chi connectivity index (χ4n) is 2.97. The lowest BCUT2D eigenvalue weighted by Gasteiger charge is -2.08. The van der Waals surface area contributed by atoms with Crippen molar-refractivity contribution >= 4 is 10.8 Å². The number of fused-ring (bicyclic) bond motifs is 1. The molecular formula is C21H17NO2. The molecule has 2 aromatic carbocycles. The molecule has 0 amide bonds. The lowest BCUT2D eigenvalue weighted by molar-refractivity contribution is 0.568. The number of pyridine rings is 1. The number of aromatic nitrogens is 1. The third-order valence-corrected chi connectivity index (χ3v) is 4.32. The van der Waals surface area contributed by atoms with E-state index >= 15 is 0 Å². The van der Waals surface area contributed by atoms with Crippen LogP contribution in [0.15, 0.2) is 88.6 Å². The second-order valence-electron chi connectivity index (χ2n) is 5.86. The minimum absolute atomic E-state index is 0.0576. The lowest BCUT2D eigenvalue weighted by Crippen LogP contribution is -2.20. The highest BCUT2D eigenvalue weighted by Crippen LogP contribution is 2.23. The van der Waals surface area contributed by atoms with E-state index < -0.39 is 0 Å². The van der Waals surface area contributed by atoms with Gasteiger partial charge in [-0.3, -0.25) is 4.79 Å². The molecule has 0 saturated carbocycles. The summed E-state index contributed by atoms with van der Waals surface area (Å²) in [5, 5.41) is 1.70. The fraction of sp³-hybridized carbons (Fsp3) is 0.0952. The van der Waals surface area contributed by atoms with Crippen LogP contribution >= 0.6 is 0 Å². The maximum Gasteiger partial charge on any atom is 0.258 e. The van der Waals surface area contributed by atoms with Crippen molar-refractivity contribution < 1.29 is 4.42 Å². The highest BCUT2D eigenvalue weighted by molar-refractivity contribution is 5.86. The Morgan fingerprint density at radius 3 is 2.58 bits per heavy atom. The normalized spacial score (nSPS) is 11.0. The van der Waals surface area contributed by atoms with Crippen molar-refractivity contribution in [1.29, 1.82) is 0 Å². The van der Waals surface area contributed by atoms with Crippen LogP contribution in [0.5, 0.6) is 0 Å². The minimum atomic E-state index is 0.0576. The van der Waals surface area contributed by atoms with E-state index in [1.54, 1.807) is 17.1 Å².